The number of nitrogens with two attached hydrogens (primary N) is 1. The lowest BCUT2D eigenvalue weighted by atomic mass is 9.84. The van der Waals surface area contributed by atoms with E-state index in [1.54, 1.807) is 0 Å². The predicted octanol–water partition coefficient (Wildman–Crippen LogP) is 0.326. The summed E-state index contributed by atoms with van der Waals surface area (Å²) in [4.78, 5) is 13.5. The summed E-state index contributed by atoms with van der Waals surface area (Å²) in [6.07, 6.45) is 2.52. The van der Waals surface area contributed by atoms with Gasteiger partial charge in [0.2, 0.25) is 5.91 Å². The van der Waals surface area contributed by atoms with Crippen LogP contribution in [0.25, 0.3) is 0 Å². The van der Waals surface area contributed by atoms with Crippen LogP contribution in [0.1, 0.15) is 33.1 Å². The Hall–Kier alpha value is -0.610. The second-order valence-electron chi connectivity index (χ2n) is 4.39. The number of nitrogens with zero attached hydrogens (tertiary/aromatic N) is 1. The molecule has 1 rings (SSSR count). The molecule has 0 spiro atoms. The Labute approximate surface area is 92.2 Å². The normalized spacial score (nSPS) is 21.5. The highest BCUT2D eigenvalue weighted by atomic mass is 16.1. The van der Waals surface area contributed by atoms with Crippen LogP contribution in [0, 0.1) is 0 Å². The van der Waals surface area contributed by atoms with Crippen molar-refractivity contribution in [3.63, 3.8) is 0 Å². The van der Waals surface area contributed by atoms with Crippen molar-refractivity contribution < 1.29 is 4.79 Å². The molecule has 88 valence electrons. The summed E-state index contributed by atoms with van der Waals surface area (Å²) < 4.78 is 0. The number of hydrogen-bond acceptors (Lipinski definition) is 3. The van der Waals surface area contributed by atoms with E-state index < -0.39 is 0 Å². The van der Waals surface area contributed by atoms with Crippen molar-refractivity contribution in [1.29, 1.82) is 0 Å². The number of primary amides is 1. The SMILES string of the molecule is CCNC1(CC(N)=O)CCN(CC)CC1. The number of carbonyl (C=O) groups is 1. The molecule has 1 aliphatic heterocycles. The minimum Gasteiger partial charge on any atom is -0.370 e. The van der Waals surface area contributed by atoms with E-state index in [-0.39, 0.29) is 11.4 Å². The average molecular weight is 213 g/mol. The fraction of sp³-hybridized carbons (Fsp3) is 0.909. The van der Waals surface area contributed by atoms with E-state index in [1.807, 2.05) is 0 Å². The number of rotatable bonds is 5. The molecule has 15 heavy (non-hydrogen) atoms. The van der Waals surface area contributed by atoms with Crippen molar-refractivity contribution in [2.24, 2.45) is 5.73 Å². The van der Waals surface area contributed by atoms with Crippen LogP contribution in [0.15, 0.2) is 0 Å². The van der Waals surface area contributed by atoms with Gasteiger partial charge in [-0.1, -0.05) is 13.8 Å². The second kappa shape index (κ2) is 5.47. The summed E-state index contributed by atoms with van der Waals surface area (Å²) in [5, 5.41) is 3.45. The van der Waals surface area contributed by atoms with Gasteiger partial charge in [0.05, 0.1) is 0 Å². The topological polar surface area (TPSA) is 58.4 Å². The van der Waals surface area contributed by atoms with Crippen molar-refractivity contribution in [2.75, 3.05) is 26.2 Å². The van der Waals surface area contributed by atoms with E-state index in [2.05, 4.69) is 24.1 Å². The van der Waals surface area contributed by atoms with E-state index >= 15 is 0 Å². The van der Waals surface area contributed by atoms with E-state index in [0.29, 0.717) is 6.42 Å². The predicted molar refractivity (Wildman–Crippen MR) is 61.6 cm³/mol. The van der Waals surface area contributed by atoms with Crippen LogP contribution in [-0.4, -0.2) is 42.5 Å². The van der Waals surface area contributed by atoms with E-state index in [1.165, 1.54) is 0 Å². The molecule has 3 N–H and O–H groups in total. The number of hydrogen-bond donors (Lipinski definition) is 2. The van der Waals surface area contributed by atoms with Gasteiger partial charge in [-0.3, -0.25) is 4.79 Å². The molecule has 1 amide bonds. The van der Waals surface area contributed by atoms with Gasteiger partial charge in [-0.2, -0.15) is 0 Å². The molecule has 0 aliphatic carbocycles. The van der Waals surface area contributed by atoms with Gasteiger partial charge in [-0.25, -0.2) is 0 Å². The first-order valence-electron chi connectivity index (χ1n) is 5.87. The lowest BCUT2D eigenvalue weighted by molar-refractivity contribution is -0.120. The molecule has 4 heteroatoms. The van der Waals surface area contributed by atoms with Crippen LogP contribution < -0.4 is 11.1 Å². The summed E-state index contributed by atoms with van der Waals surface area (Å²) in [5.41, 5.74) is 5.28. The summed E-state index contributed by atoms with van der Waals surface area (Å²) in [6.45, 7) is 8.38. The maximum atomic E-state index is 11.1. The number of piperidine rings is 1. The Morgan fingerprint density at radius 1 is 1.40 bits per heavy atom. The van der Waals surface area contributed by atoms with E-state index in [4.69, 9.17) is 5.73 Å². The molecule has 1 saturated heterocycles. The van der Waals surface area contributed by atoms with Crippen LogP contribution in [0.5, 0.6) is 0 Å². The third-order valence-electron chi connectivity index (χ3n) is 3.32. The van der Waals surface area contributed by atoms with Crippen molar-refractivity contribution >= 4 is 5.91 Å². The molecule has 1 fully saturated rings. The van der Waals surface area contributed by atoms with Gasteiger partial charge in [0.1, 0.15) is 0 Å². The largest absolute Gasteiger partial charge is 0.370 e. The third kappa shape index (κ3) is 3.47. The molecule has 0 saturated carbocycles. The molecule has 0 atom stereocenters. The zero-order valence-corrected chi connectivity index (χ0v) is 9.88. The fourth-order valence-corrected chi connectivity index (χ4v) is 2.42. The molecular weight excluding hydrogens is 190 g/mol. The highest BCUT2D eigenvalue weighted by Crippen LogP contribution is 2.25. The van der Waals surface area contributed by atoms with E-state index in [0.717, 1.165) is 39.0 Å². The molecule has 1 heterocycles. The first-order valence-corrected chi connectivity index (χ1v) is 5.87. The van der Waals surface area contributed by atoms with Crippen molar-refractivity contribution in [3.8, 4) is 0 Å². The first-order chi connectivity index (χ1) is 7.12. The Bertz CT molecular complexity index is 210. The third-order valence-corrected chi connectivity index (χ3v) is 3.32. The summed E-state index contributed by atoms with van der Waals surface area (Å²) >= 11 is 0. The van der Waals surface area contributed by atoms with Crippen molar-refractivity contribution in [1.82, 2.24) is 10.2 Å². The standard InChI is InChI=1S/C11H23N3O/c1-3-13-11(9-10(12)15)5-7-14(4-2)8-6-11/h13H,3-9H2,1-2H3,(H2,12,15). The first kappa shape index (κ1) is 12.5. The van der Waals surface area contributed by atoms with Crippen LogP contribution in [0.2, 0.25) is 0 Å². The Morgan fingerprint density at radius 2 is 2.00 bits per heavy atom. The summed E-state index contributed by atoms with van der Waals surface area (Å²) in [5.74, 6) is -0.194. The number of amides is 1. The van der Waals surface area contributed by atoms with Crippen LogP contribution in [-0.2, 0) is 4.79 Å². The van der Waals surface area contributed by atoms with Gasteiger partial charge < -0.3 is 16.0 Å². The molecule has 0 aromatic rings. The molecule has 1 aliphatic rings. The molecular formula is C11H23N3O. The number of likely N-dealkylation sites (tertiary alicyclic amines) is 1. The molecule has 0 aromatic heterocycles. The summed E-state index contributed by atoms with van der Waals surface area (Å²) in [6, 6.07) is 0. The number of nitrogens with one attached hydrogen (secondary N) is 1. The lowest BCUT2D eigenvalue weighted by Crippen LogP contribution is -2.55. The highest BCUT2D eigenvalue weighted by molar-refractivity contribution is 5.75. The van der Waals surface area contributed by atoms with Gasteiger partial charge in [0.25, 0.3) is 0 Å². The van der Waals surface area contributed by atoms with Gasteiger partial charge in [-0.05, 0) is 39.0 Å². The quantitative estimate of drug-likeness (QED) is 0.692. The average Bonchev–Trinajstić information content (AvgIpc) is 2.18. The zero-order chi connectivity index (χ0) is 11.3. The lowest BCUT2D eigenvalue weighted by Gasteiger charge is -2.41. The maximum Gasteiger partial charge on any atom is 0.219 e. The molecule has 0 unspecified atom stereocenters. The van der Waals surface area contributed by atoms with Crippen LogP contribution >= 0.6 is 0 Å². The van der Waals surface area contributed by atoms with Gasteiger partial charge in [0.15, 0.2) is 0 Å². The Balaban J connectivity index is 2.55. The fourth-order valence-electron chi connectivity index (χ4n) is 2.42. The molecule has 0 bridgehead atoms. The zero-order valence-electron chi connectivity index (χ0n) is 9.88. The van der Waals surface area contributed by atoms with Gasteiger partial charge in [0, 0.05) is 12.0 Å². The maximum absolute atomic E-state index is 11.1. The van der Waals surface area contributed by atoms with Crippen molar-refractivity contribution in [3.05, 3.63) is 0 Å². The van der Waals surface area contributed by atoms with Crippen LogP contribution in [0.3, 0.4) is 0 Å². The molecule has 4 nitrogen and oxygen atoms in total. The van der Waals surface area contributed by atoms with Crippen molar-refractivity contribution in [2.45, 2.75) is 38.6 Å². The minimum atomic E-state index is -0.194. The highest BCUT2D eigenvalue weighted by Gasteiger charge is 2.34. The minimum absolute atomic E-state index is 0.0355. The van der Waals surface area contributed by atoms with Gasteiger partial charge in [-0.15, -0.1) is 0 Å². The summed E-state index contributed by atoms with van der Waals surface area (Å²) in [7, 11) is 0. The second-order valence-corrected chi connectivity index (χ2v) is 4.39. The smallest absolute Gasteiger partial charge is 0.219 e. The van der Waals surface area contributed by atoms with Gasteiger partial charge >= 0.3 is 0 Å². The molecule has 0 radical (unpaired) electrons. The number of carbonyl (C=O) groups excluding carboxylic acids is 1. The monoisotopic (exact) mass is 213 g/mol. The molecule has 0 aromatic carbocycles. The van der Waals surface area contributed by atoms with E-state index in [9.17, 15) is 4.79 Å². The van der Waals surface area contributed by atoms with Crippen LogP contribution in [0.4, 0.5) is 0 Å². The Morgan fingerprint density at radius 3 is 2.40 bits per heavy atom. The Kier molecular flexibility index (Phi) is 4.54.